The van der Waals surface area contributed by atoms with Gasteiger partial charge in [-0.3, -0.25) is 0 Å². The highest BCUT2D eigenvalue weighted by molar-refractivity contribution is 5.72. The summed E-state index contributed by atoms with van der Waals surface area (Å²) in [6.45, 7) is 20.4. The Hall–Kier alpha value is -3.64. The minimum absolute atomic E-state index is 0.230. The summed E-state index contributed by atoms with van der Waals surface area (Å²) in [4.78, 5) is 0. The molecule has 236 valence electrons. The van der Waals surface area contributed by atoms with E-state index in [4.69, 9.17) is 0 Å². The first-order chi connectivity index (χ1) is 21.5. The molecule has 0 heteroatoms. The van der Waals surface area contributed by atoms with Crippen LogP contribution in [0.5, 0.6) is 0 Å². The molecule has 3 aromatic carbocycles. The summed E-state index contributed by atoms with van der Waals surface area (Å²) < 4.78 is 0. The van der Waals surface area contributed by atoms with Gasteiger partial charge >= 0.3 is 0 Å². The molecule has 1 unspecified atom stereocenters. The molecule has 0 fully saturated rings. The molecule has 0 saturated heterocycles. The Morgan fingerprint density at radius 1 is 0.591 bits per heavy atom. The molecule has 2 aliphatic rings. The normalized spacial score (nSPS) is 14.0. The van der Waals surface area contributed by atoms with Gasteiger partial charge in [0.2, 0.25) is 0 Å². The van der Waals surface area contributed by atoms with Gasteiger partial charge in [-0.25, -0.2) is 0 Å². The molecule has 0 saturated carbocycles. The van der Waals surface area contributed by atoms with Crippen LogP contribution in [0.1, 0.15) is 132 Å². The Bertz CT molecular complexity index is 1350. The van der Waals surface area contributed by atoms with Gasteiger partial charge in [0.25, 0.3) is 0 Å². The SMILES string of the molecule is CC.CC.CC=CC.CC=CC.Cc1ccc(C(c2cccc(C3=CC=CC3)c2)c2cccc(C3=CCCCC3)c2)cc1C. The van der Waals surface area contributed by atoms with Crippen LogP contribution in [-0.2, 0) is 0 Å². The van der Waals surface area contributed by atoms with Crippen LogP contribution in [0.4, 0.5) is 0 Å². The molecule has 0 radical (unpaired) electrons. The third kappa shape index (κ3) is 12.2. The number of hydrogen-bond donors (Lipinski definition) is 0. The second kappa shape index (κ2) is 22.8. The highest BCUT2D eigenvalue weighted by Gasteiger charge is 2.20. The highest BCUT2D eigenvalue weighted by atomic mass is 14.2. The van der Waals surface area contributed by atoms with E-state index in [9.17, 15) is 0 Å². The fraction of sp³-hybridized carbons (Fsp3) is 0.364. The van der Waals surface area contributed by atoms with E-state index in [0.717, 1.165) is 6.42 Å². The zero-order valence-corrected chi connectivity index (χ0v) is 29.6. The molecule has 0 aromatic heterocycles. The van der Waals surface area contributed by atoms with Gasteiger partial charge in [0.05, 0.1) is 0 Å². The Kier molecular flexibility index (Phi) is 19.9. The molecule has 1 atom stereocenters. The number of aryl methyl sites for hydroxylation is 2. The van der Waals surface area contributed by atoms with Crippen molar-refractivity contribution in [3.8, 4) is 0 Å². The third-order valence-corrected chi connectivity index (χ3v) is 7.77. The van der Waals surface area contributed by atoms with Crippen LogP contribution in [-0.4, -0.2) is 0 Å². The summed E-state index contributed by atoms with van der Waals surface area (Å²) in [5.74, 6) is 0.230. The fourth-order valence-corrected chi connectivity index (χ4v) is 5.12. The standard InChI is InChI=1S/C32H32.2C4H8.2C2H6/c1-23-18-19-31(20-24(23)2)32(30-17-9-15-28(22-30)26-12-6-7-13-26)29-16-8-14-27(21-29)25-10-4-3-5-11-25;2*1-3-4-2;2*1-2/h6-10,12,14-22,32H,3-5,11,13H2,1-2H3;2*3-4H,1-2H3;2*1-2H3. The first kappa shape index (κ1) is 38.4. The lowest BCUT2D eigenvalue weighted by atomic mass is 9.81. The molecule has 3 aromatic rings. The zero-order chi connectivity index (χ0) is 32.7. The molecular weight excluding hydrogens is 528 g/mol. The second-order valence-corrected chi connectivity index (χ2v) is 10.7. The summed E-state index contributed by atoms with van der Waals surface area (Å²) in [5.41, 5.74) is 12.5. The van der Waals surface area contributed by atoms with Crippen LogP contribution in [0.2, 0.25) is 0 Å². The van der Waals surface area contributed by atoms with Gasteiger partial charge in [0, 0.05) is 5.92 Å². The second-order valence-electron chi connectivity index (χ2n) is 10.7. The predicted molar refractivity (Wildman–Crippen MR) is 202 cm³/mol. The van der Waals surface area contributed by atoms with Crippen LogP contribution >= 0.6 is 0 Å². The average Bonchev–Trinajstić information content (AvgIpc) is 3.65. The van der Waals surface area contributed by atoms with Crippen molar-refractivity contribution in [1.29, 1.82) is 0 Å². The molecule has 0 bridgehead atoms. The summed E-state index contributed by atoms with van der Waals surface area (Å²) >= 11 is 0. The molecule has 0 nitrogen and oxygen atoms in total. The molecular formula is C44H60. The molecule has 0 aliphatic heterocycles. The van der Waals surface area contributed by atoms with Crippen molar-refractivity contribution in [1.82, 2.24) is 0 Å². The van der Waals surface area contributed by atoms with Gasteiger partial charge in [-0.2, -0.15) is 0 Å². The number of allylic oxidation sites excluding steroid dienone is 10. The maximum Gasteiger partial charge on any atom is 0.0340 e. The lowest BCUT2D eigenvalue weighted by molar-refractivity contribution is 0.742. The molecule has 0 spiro atoms. The molecule has 0 heterocycles. The van der Waals surface area contributed by atoms with E-state index >= 15 is 0 Å². The van der Waals surface area contributed by atoms with Crippen LogP contribution in [0.25, 0.3) is 11.1 Å². The Balaban J connectivity index is 0.000000703. The van der Waals surface area contributed by atoms with Gasteiger partial charge < -0.3 is 0 Å². The van der Waals surface area contributed by atoms with Crippen molar-refractivity contribution < 1.29 is 0 Å². The van der Waals surface area contributed by atoms with E-state index in [1.54, 1.807) is 0 Å². The van der Waals surface area contributed by atoms with Crippen LogP contribution in [0, 0.1) is 13.8 Å². The summed E-state index contributed by atoms with van der Waals surface area (Å²) in [5, 5.41) is 0. The lowest BCUT2D eigenvalue weighted by Crippen LogP contribution is -2.06. The summed E-state index contributed by atoms with van der Waals surface area (Å²) in [6.07, 6.45) is 23.2. The average molecular weight is 589 g/mol. The van der Waals surface area contributed by atoms with Crippen LogP contribution in [0.3, 0.4) is 0 Å². The maximum atomic E-state index is 2.45. The molecule has 0 amide bonds. The number of hydrogen-bond acceptors (Lipinski definition) is 0. The van der Waals surface area contributed by atoms with Crippen molar-refractivity contribution in [2.24, 2.45) is 0 Å². The molecule has 5 rings (SSSR count). The minimum Gasteiger partial charge on any atom is -0.0919 e. The lowest BCUT2D eigenvalue weighted by Gasteiger charge is -2.22. The number of benzene rings is 3. The fourth-order valence-electron chi connectivity index (χ4n) is 5.12. The Morgan fingerprint density at radius 2 is 1.14 bits per heavy atom. The van der Waals surface area contributed by atoms with Crippen molar-refractivity contribution in [3.63, 3.8) is 0 Å². The van der Waals surface area contributed by atoms with E-state index in [-0.39, 0.29) is 5.92 Å². The van der Waals surface area contributed by atoms with Crippen molar-refractivity contribution in [2.45, 2.75) is 107 Å². The van der Waals surface area contributed by atoms with E-state index < -0.39 is 0 Å². The van der Waals surface area contributed by atoms with Crippen LogP contribution in [0.15, 0.2) is 115 Å². The minimum atomic E-state index is 0.230. The smallest absolute Gasteiger partial charge is 0.0340 e. The predicted octanol–water partition coefficient (Wildman–Crippen LogP) is 14.0. The number of rotatable bonds is 5. The third-order valence-electron chi connectivity index (χ3n) is 7.77. The van der Waals surface area contributed by atoms with Crippen molar-refractivity contribution in [3.05, 3.63) is 154 Å². The van der Waals surface area contributed by atoms with Gasteiger partial charge in [-0.15, -0.1) is 0 Å². The first-order valence-electron chi connectivity index (χ1n) is 17.0. The van der Waals surface area contributed by atoms with Gasteiger partial charge in [0.1, 0.15) is 0 Å². The van der Waals surface area contributed by atoms with E-state index in [1.165, 1.54) is 75.8 Å². The Labute approximate surface area is 272 Å². The van der Waals surface area contributed by atoms with Gasteiger partial charge in [-0.1, -0.05) is 143 Å². The maximum absolute atomic E-state index is 2.45. The quantitative estimate of drug-likeness (QED) is 0.205. The summed E-state index contributed by atoms with van der Waals surface area (Å²) in [7, 11) is 0. The molecule has 0 N–H and O–H groups in total. The van der Waals surface area contributed by atoms with E-state index in [0.29, 0.717) is 0 Å². The van der Waals surface area contributed by atoms with Crippen molar-refractivity contribution in [2.75, 3.05) is 0 Å². The monoisotopic (exact) mass is 588 g/mol. The van der Waals surface area contributed by atoms with Gasteiger partial charge in [0.15, 0.2) is 0 Å². The molecule has 44 heavy (non-hydrogen) atoms. The van der Waals surface area contributed by atoms with Crippen LogP contribution < -0.4 is 0 Å². The van der Waals surface area contributed by atoms with E-state index in [1.807, 2.05) is 79.7 Å². The Morgan fingerprint density at radius 3 is 1.59 bits per heavy atom. The van der Waals surface area contributed by atoms with Gasteiger partial charge in [-0.05, 0) is 124 Å². The molecule has 2 aliphatic carbocycles. The topological polar surface area (TPSA) is 0 Å². The van der Waals surface area contributed by atoms with E-state index in [2.05, 4.69) is 105 Å². The van der Waals surface area contributed by atoms with Crippen molar-refractivity contribution >= 4 is 11.1 Å². The largest absolute Gasteiger partial charge is 0.0919 e. The first-order valence-corrected chi connectivity index (χ1v) is 17.0. The summed E-state index contributed by atoms with van der Waals surface area (Å²) in [6, 6.07) is 25.5. The zero-order valence-electron chi connectivity index (χ0n) is 29.6. The highest BCUT2D eigenvalue weighted by Crippen LogP contribution is 2.37.